The Morgan fingerprint density at radius 2 is 0.957 bits per heavy atom. The van der Waals surface area contributed by atoms with Crippen LogP contribution in [0.25, 0.3) is 21.5 Å². The number of nitrogens with one attached hydrogen (secondary N) is 1. The van der Waals surface area contributed by atoms with Crippen molar-refractivity contribution in [3.8, 4) is 0 Å². The van der Waals surface area contributed by atoms with E-state index in [1.807, 2.05) is 31.2 Å². The van der Waals surface area contributed by atoms with Crippen molar-refractivity contribution < 1.29 is 0 Å². The van der Waals surface area contributed by atoms with Crippen LogP contribution in [0.4, 0.5) is 0 Å². The first kappa shape index (κ1) is 14.0. The molecule has 0 heterocycles. The molecule has 0 aliphatic rings. The van der Waals surface area contributed by atoms with E-state index in [1.54, 1.807) is 0 Å². The zero-order valence-corrected chi connectivity index (χ0v) is 13.1. The Hall–Kier alpha value is -2.64. The van der Waals surface area contributed by atoms with E-state index < -0.39 is 5.54 Å². The predicted octanol–water partition coefficient (Wildman–Crippen LogP) is 5.54. The van der Waals surface area contributed by atoms with Gasteiger partial charge >= 0.3 is 0 Å². The van der Waals surface area contributed by atoms with Gasteiger partial charge in [-0.25, -0.2) is 5.73 Å². The van der Waals surface area contributed by atoms with Gasteiger partial charge in [-0.15, -0.1) is 0 Å². The number of hydrogen-bond acceptors (Lipinski definition) is 0. The van der Waals surface area contributed by atoms with Crippen molar-refractivity contribution in [2.75, 3.05) is 0 Å². The SMILES string of the molecule is CC([NH])(c1cccc2ccccc12)c1cccc2ccccc12. The lowest BCUT2D eigenvalue weighted by Crippen LogP contribution is -2.25. The fourth-order valence-electron chi connectivity index (χ4n) is 3.47. The Labute approximate surface area is 136 Å². The molecule has 1 heteroatoms. The maximum atomic E-state index is 9.17. The van der Waals surface area contributed by atoms with Gasteiger partial charge in [0.25, 0.3) is 0 Å². The topological polar surface area (TPSA) is 23.8 Å². The molecule has 4 rings (SSSR count). The van der Waals surface area contributed by atoms with Crippen LogP contribution in [0.2, 0.25) is 0 Å². The van der Waals surface area contributed by atoms with Gasteiger partial charge in [-0.2, -0.15) is 0 Å². The Morgan fingerprint density at radius 3 is 1.43 bits per heavy atom. The van der Waals surface area contributed by atoms with E-state index in [2.05, 4.69) is 60.7 Å². The molecule has 0 saturated heterocycles. The second kappa shape index (κ2) is 5.22. The van der Waals surface area contributed by atoms with E-state index in [-0.39, 0.29) is 0 Å². The molecular formula is C22H18N. The van der Waals surface area contributed by atoms with Crippen molar-refractivity contribution in [2.45, 2.75) is 12.5 Å². The van der Waals surface area contributed by atoms with Crippen LogP contribution in [0.15, 0.2) is 84.9 Å². The fraction of sp³-hybridized carbons (Fsp3) is 0.0909. The van der Waals surface area contributed by atoms with Gasteiger partial charge in [-0.1, -0.05) is 84.9 Å². The number of hydrogen-bond donors (Lipinski definition) is 0. The van der Waals surface area contributed by atoms with Crippen LogP contribution in [0.5, 0.6) is 0 Å². The third kappa shape index (κ3) is 2.21. The smallest absolute Gasteiger partial charge is 0.0805 e. The highest BCUT2D eigenvalue weighted by Gasteiger charge is 2.28. The molecule has 0 unspecified atom stereocenters. The summed E-state index contributed by atoms with van der Waals surface area (Å²) in [5.41, 5.74) is 10.5. The van der Waals surface area contributed by atoms with E-state index in [9.17, 15) is 5.73 Å². The lowest BCUT2D eigenvalue weighted by molar-refractivity contribution is 0.590. The van der Waals surface area contributed by atoms with Gasteiger partial charge in [0, 0.05) is 0 Å². The molecule has 0 saturated carbocycles. The molecule has 1 radical (unpaired) electrons. The highest BCUT2D eigenvalue weighted by Crippen LogP contribution is 2.36. The van der Waals surface area contributed by atoms with Crippen molar-refractivity contribution in [2.24, 2.45) is 0 Å². The van der Waals surface area contributed by atoms with Crippen LogP contribution in [0.1, 0.15) is 18.1 Å². The summed E-state index contributed by atoms with van der Waals surface area (Å²) in [5.74, 6) is 0. The van der Waals surface area contributed by atoms with E-state index in [4.69, 9.17) is 0 Å². The normalized spacial score (nSPS) is 11.9. The Kier molecular flexibility index (Phi) is 3.17. The molecule has 0 amide bonds. The summed E-state index contributed by atoms with van der Waals surface area (Å²) in [5, 5.41) is 4.67. The summed E-state index contributed by atoms with van der Waals surface area (Å²) in [7, 11) is 0. The molecule has 1 N–H and O–H groups in total. The first-order valence-electron chi connectivity index (χ1n) is 7.89. The maximum Gasteiger partial charge on any atom is 0.0805 e. The zero-order chi connectivity index (χ0) is 15.9. The van der Waals surface area contributed by atoms with Gasteiger partial charge in [0.1, 0.15) is 0 Å². The third-order valence-corrected chi connectivity index (χ3v) is 4.66. The van der Waals surface area contributed by atoms with Crippen molar-refractivity contribution in [3.63, 3.8) is 0 Å². The molecule has 0 aliphatic heterocycles. The van der Waals surface area contributed by atoms with Crippen LogP contribution in [-0.4, -0.2) is 0 Å². The molecule has 0 fully saturated rings. The average molecular weight is 296 g/mol. The lowest BCUT2D eigenvalue weighted by Gasteiger charge is -2.28. The largest absolute Gasteiger partial charge is 0.242 e. The summed E-state index contributed by atoms with van der Waals surface area (Å²) < 4.78 is 0. The highest BCUT2D eigenvalue weighted by atomic mass is 14.7. The Balaban J connectivity index is 2.02. The van der Waals surface area contributed by atoms with Gasteiger partial charge in [-0.3, -0.25) is 0 Å². The van der Waals surface area contributed by atoms with Crippen LogP contribution in [0, 0.1) is 0 Å². The fourth-order valence-corrected chi connectivity index (χ4v) is 3.47. The summed E-state index contributed by atoms with van der Waals surface area (Å²) in [4.78, 5) is 0. The van der Waals surface area contributed by atoms with Crippen molar-refractivity contribution in [3.05, 3.63) is 96.1 Å². The molecular weight excluding hydrogens is 278 g/mol. The molecule has 1 nitrogen and oxygen atoms in total. The molecule has 23 heavy (non-hydrogen) atoms. The second-order valence-corrected chi connectivity index (χ2v) is 6.18. The lowest BCUT2D eigenvalue weighted by atomic mass is 9.81. The average Bonchev–Trinajstić information content (AvgIpc) is 2.60. The van der Waals surface area contributed by atoms with E-state index in [0.29, 0.717) is 0 Å². The minimum atomic E-state index is -0.804. The van der Waals surface area contributed by atoms with Crippen molar-refractivity contribution in [1.29, 1.82) is 0 Å². The number of fused-ring (bicyclic) bond motifs is 2. The first-order chi connectivity index (χ1) is 11.2. The molecule has 0 atom stereocenters. The van der Waals surface area contributed by atoms with E-state index >= 15 is 0 Å². The molecule has 0 spiro atoms. The predicted molar refractivity (Wildman–Crippen MR) is 97.4 cm³/mol. The van der Waals surface area contributed by atoms with Crippen molar-refractivity contribution >= 4 is 21.5 Å². The van der Waals surface area contributed by atoms with Gasteiger partial charge < -0.3 is 0 Å². The summed E-state index contributed by atoms with van der Waals surface area (Å²) in [6.45, 7) is 2.00. The number of rotatable bonds is 2. The van der Waals surface area contributed by atoms with Gasteiger partial charge in [0.2, 0.25) is 0 Å². The van der Waals surface area contributed by atoms with Crippen LogP contribution in [0.3, 0.4) is 0 Å². The second-order valence-electron chi connectivity index (χ2n) is 6.18. The van der Waals surface area contributed by atoms with Gasteiger partial charge in [0.15, 0.2) is 0 Å². The first-order valence-corrected chi connectivity index (χ1v) is 7.89. The minimum absolute atomic E-state index is 0.804. The molecule has 4 aromatic carbocycles. The van der Waals surface area contributed by atoms with E-state index in [1.165, 1.54) is 10.8 Å². The molecule has 4 aromatic rings. The van der Waals surface area contributed by atoms with E-state index in [0.717, 1.165) is 21.9 Å². The summed E-state index contributed by atoms with van der Waals surface area (Å²) in [6.07, 6.45) is 0. The summed E-state index contributed by atoms with van der Waals surface area (Å²) in [6, 6.07) is 29.1. The van der Waals surface area contributed by atoms with Gasteiger partial charge in [-0.05, 0) is 39.6 Å². The van der Waals surface area contributed by atoms with Crippen LogP contribution >= 0.6 is 0 Å². The zero-order valence-electron chi connectivity index (χ0n) is 13.1. The van der Waals surface area contributed by atoms with Crippen LogP contribution in [-0.2, 0) is 5.54 Å². The molecule has 0 bridgehead atoms. The maximum absolute atomic E-state index is 9.17. The Bertz CT molecular complexity index is 907. The summed E-state index contributed by atoms with van der Waals surface area (Å²) >= 11 is 0. The quantitative estimate of drug-likeness (QED) is 0.464. The highest BCUT2D eigenvalue weighted by molar-refractivity contribution is 5.90. The molecule has 0 aromatic heterocycles. The van der Waals surface area contributed by atoms with Crippen LogP contribution < -0.4 is 5.73 Å². The van der Waals surface area contributed by atoms with Crippen molar-refractivity contribution in [1.82, 2.24) is 5.73 Å². The number of benzene rings is 4. The minimum Gasteiger partial charge on any atom is -0.242 e. The van der Waals surface area contributed by atoms with Gasteiger partial charge in [0.05, 0.1) is 5.54 Å². The molecule has 111 valence electrons. The Morgan fingerprint density at radius 1 is 0.565 bits per heavy atom. The molecule has 0 aliphatic carbocycles. The third-order valence-electron chi connectivity index (χ3n) is 4.66. The monoisotopic (exact) mass is 296 g/mol. The standard InChI is InChI=1S/C22H18N/c1-22(23,20-14-6-10-16-8-2-4-12-18(16)20)21-15-7-11-17-9-3-5-13-19(17)21/h2-15,23H,1H3.